The summed E-state index contributed by atoms with van der Waals surface area (Å²) in [6, 6.07) is 11.8. The molecular formula is C16H14N4O3. The molecule has 116 valence electrons. The molecule has 0 amide bonds. The molecular weight excluding hydrogens is 296 g/mol. The maximum absolute atomic E-state index is 11.6. The number of hydrogen-bond donors (Lipinski definition) is 1. The number of phenols is 1. The highest BCUT2D eigenvalue weighted by molar-refractivity contribution is 5.74. The molecule has 0 aliphatic carbocycles. The topological polar surface area (TPSA) is 88.5 Å². The number of carbonyl (C=O) groups excluding carboxylic acids is 1. The lowest BCUT2D eigenvalue weighted by atomic mass is 10.3. The highest BCUT2D eigenvalue weighted by atomic mass is 16.5. The summed E-state index contributed by atoms with van der Waals surface area (Å²) in [5, 5.41) is 17.6. The van der Waals surface area contributed by atoms with Crippen molar-refractivity contribution >= 4 is 23.1 Å². The van der Waals surface area contributed by atoms with Crippen LogP contribution in [-0.4, -0.2) is 27.6 Å². The Kier molecular flexibility index (Phi) is 4.01. The minimum Gasteiger partial charge on any atom is -0.508 e. The van der Waals surface area contributed by atoms with Crippen molar-refractivity contribution in [2.24, 2.45) is 10.2 Å². The van der Waals surface area contributed by atoms with E-state index in [2.05, 4.69) is 15.2 Å². The summed E-state index contributed by atoms with van der Waals surface area (Å²) in [7, 11) is 1.33. The van der Waals surface area contributed by atoms with Crippen LogP contribution >= 0.6 is 0 Å². The summed E-state index contributed by atoms with van der Waals surface area (Å²) in [6.07, 6.45) is 1.82. The van der Waals surface area contributed by atoms with Gasteiger partial charge in [-0.2, -0.15) is 0 Å². The number of methoxy groups -OCH3 is 1. The fourth-order valence-corrected chi connectivity index (χ4v) is 2.09. The maximum Gasteiger partial charge on any atom is 0.311 e. The third kappa shape index (κ3) is 3.18. The molecule has 3 aromatic rings. The Balaban J connectivity index is 2.01. The Bertz CT molecular complexity index is 869. The van der Waals surface area contributed by atoms with Gasteiger partial charge >= 0.3 is 5.97 Å². The molecule has 1 N–H and O–H groups in total. The van der Waals surface area contributed by atoms with Gasteiger partial charge in [0, 0.05) is 6.20 Å². The van der Waals surface area contributed by atoms with Crippen molar-refractivity contribution in [3.8, 4) is 5.75 Å². The summed E-state index contributed by atoms with van der Waals surface area (Å²) in [5.74, 6) is 0.235. The van der Waals surface area contributed by atoms with Gasteiger partial charge < -0.3 is 9.84 Å². The smallest absolute Gasteiger partial charge is 0.311 e. The number of aromatic hydroxyl groups is 1. The van der Waals surface area contributed by atoms with Crippen LogP contribution in [-0.2, 0) is 16.0 Å². The Labute approximate surface area is 131 Å². The Morgan fingerprint density at radius 3 is 2.74 bits per heavy atom. The van der Waals surface area contributed by atoms with E-state index < -0.39 is 5.97 Å². The van der Waals surface area contributed by atoms with Crippen LogP contribution in [0.3, 0.4) is 0 Å². The normalized spacial score (nSPS) is 11.2. The van der Waals surface area contributed by atoms with Crippen molar-refractivity contribution < 1.29 is 14.6 Å². The lowest BCUT2D eigenvalue weighted by Gasteiger charge is -1.99. The molecule has 2 aromatic heterocycles. The van der Waals surface area contributed by atoms with Crippen molar-refractivity contribution in [1.29, 1.82) is 0 Å². The van der Waals surface area contributed by atoms with Crippen LogP contribution in [0.2, 0.25) is 0 Å². The van der Waals surface area contributed by atoms with E-state index in [1.54, 1.807) is 22.7 Å². The largest absolute Gasteiger partial charge is 0.508 e. The number of imidazole rings is 1. The number of benzene rings is 1. The van der Waals surface area contributed by atoms with Crippen molar-refractivity contribution in [2.75, 3.05) is 7.11 Å². The van der Waals surface area contributed by atoms with Gasteiger partial charge in [-0.05, 0) is 36.4 Å². The summed E-state index contributed by atoms with van der Waals surface area (Å²) < 4.78 is 6.45. The molecule has 0 radical (unpaired) electrons. The number of pyridine rings is 1. The van der Waals surface area contributed by atoms with Gasteiger partial charge in [0.15, 0.2) is 5.82 Å². The van der Waals surface area contributed by atoms with Gasteiger partial charge in [-0.3, -0.25) is 9.20 Å². The Hall–Kier alpha value is -3.22. The molecule has 0 unspecified atom stereocenters. The van der Waals surface area contributed by atoms with Crippen LogP contribution in [0.4, 0.5) is 11.5 Å². The molecule has 0 saturated heterocycles. The second-order valence-corrected chi connectivity index (χ2v) is 4.78. The molecule has 0 fully saturated rings. The van der Waals surface area contributed by atoms with Gasteiger partial charge in [0.05, 0.1) is 24.9 Å². The quantitative estimate of drug-likeness (QED) is 0.592. The summed E-state index contributed by atoms with van der Waals surface area (Å²) in [4.78, 5) is 15.9. The lowest BCUT2D eigenvalue weighted by molar-refractivity contribution is -0.139. The first kappa shape index (κ1) is 14.7. The van der Waals surface area contributed by atoms with E-state index in [0.29, 0.717) is 22.8 Å². The average Bonchev–Trinajstić information content (AvgIpc) is 2.91. The van der Waals surface area contributed by atoms with Crippen molar-refractivity contribution in [3.05, 3.63) is 54.4 Å². The van der Waals surface area contributed by atoms with E-state index >= 15 is 0 Å². The number of azo groups is 1. The monoisotopic (exact) mass is 310 g/mol. The molecule has 0 saturated carbocycles. The third-order valence-electron chi connectivity index (χ3n) is 3.22. The van der Waals surface area contributed by atoms with E-state index in [9.17, 15) is 9.90 Å². The minimum absolute atomic E-state index is 0.0160. The number of aromatic nitrogens is 2. The fraction of sp³-hybridized carbons (Fsp3) is 0.125. The first-order valence-electron chi connectivity index (χ1n) is 6.91. The van der Waals surface area contributed by atoms with Crippen LogP contribution in [0, 0.1) is 0 Å². The highest BCUT2D eigenvalue weighted by Gasteiger charge is 2.15. The summed E-state index contributed by atoms with van der Waals surface area (Å²) in [6.45, 7) is 0. The van der Waals surface area contributed by atoms with Crippen molar-refractivity contribution in [3.63, 3.8) is 0 Å². The number of nitrogens with zero attached hydrogens (tertiary/aromatic N) is 4. The van der Waals surface area contributed by atoms with Gasteiger partial charge in [-0.15, -0.1) is 10.2 Å². The van der Waals surface area contributed by atoms with Gasteiger partial charge in [0.2, 0.25) is 0 Å². The van der Waals surface area contributed by atoms with E-state index in [1.807, 2.05) is 18.2 Å². The number of ether oxygens (including phenoxy) is 1. The second-order valence-electron chi connectivity index (χ2n) is 4.78. The molecule has 2 heterocycles. The van der Waals surface area contributed by atoms with Gasteiger partial charge in [-0.25, -0.2) is 4.98 Å². The number of esters is 1. The number of rotatable bonds is 4. The predicted octanol–water partition coefficient (Wildman–Crippen LogP) is 3.17. The lowest BCUT2D eigenvalue weighted by Crippen LogP contribution is -2.04. The number of phenolic OH excluding ortho intramolecular Hbond substituents is 1. The molecule has 7 heteroatoms. The first-order chi connectivity index (χ1) is 11.2. The zero-order valence-corrected chi connectivity index (χ0v) is 12.4. The Morgan fingerprint density at radius 1 is 1.22 bits per heavy atom. The second kappa shape index (κ2) is 6.27. The fourth-order valence-electron chi connectivity index (χ4n) is 2.09. The number of carbonyl (C=O) groups is 1. The third-order valence-corrected chi connectivity index (χ3v) is 3.22. The van der Waals surface area contributed by atoms with Crippen LogP contribution in [0.1, 0.15) is 5.69 Å². The zero-order chi connectivity index (χ0) is 16.2. The molecule has 23 heavy (non-hydrogen) atoms. The standard InChI is InChI=1S/C16H14N4O3/c1-23-15(22)10-13-16(20-9-3-2-4-14(20)17-13)19-18-11-5-7-12(21)8-6-11/h2-9,21H,10H2,1H3. The van der Waals surface area contributed by atoms with Crippen LogP contribution in [0.25, 0.3) is 5.65 Å². The molecule has 0 bridgehead atoms. The minimum atomic E-state index is -0.394. The average molecular weight is 310 g/mol. The zero-order valence-electron chi connectivity index (χ0n) is 12.4. The van der Waals surface area contributed by atoms with E-state index in [0.717, 1.165) is 0 Å². The van der Waals surface area contributed by atoms with Crippen molar-refractivity contribution in [1.82, 2.24) is 9.38 Å². The summed E-state index contributed by atoms with van der Waals surface area (Å²) in [5.41, 5.74) is 1.74. The number of hydrogen-bond acceptors (Lipinski definition) is 6. The van der Waals surface area contributed by atoms with Gasteiger partial charge in [0.1, 0.15) is 11.4 Å². The predicted molar refractivity (Wildman–Crippen MR) is 83.2 cm³/mol. The summed E-state index contributed by atoms with van der Waals surface area (Å²) >= 11 is 0. The SMILES string of the molecule is COC(=O)Cc1nc2ccccn2c1N=Nc1ccc(O)cc1. The van der Waals surface area contributed by atoms with Crippen LogP contribution in [0.15, 0.2) is 58.9 Å². The molecule has 7 nitrogen and oxygen atoms in total. The molecule has 0 aliphatic heterocycles. The van der Waals surface area contributed by atoms with Gasteiger partial charge in [0.25, 0.3) is 0 Å². The van der Waals surface area contributed by atoms with Gasteiger partial charge in [-0.1, -0.05) is 6.07 Å². The van der Waals surface area contributed by atoms with E-state index in [1.165, 1.54) is 19.2 Å². The molecule has 0 aliphatic rings. The first-order valence-corrected chi connectivity index (χ1v) is 6.91. The van der Waals surface area contributed by atoms with Crippen LogP contribution < -0.4 is 0 Å². The maximum atomic E-state index is 11.6. The van der Waals surface area contributed by atoms with Crippen LogP contribution in [0.5, 0.6) is 5.75 Å². The highest BCUT2D eigenvalue weighted by Crippen LogP contribution is 2.25. The molecule has 0 atom stereocenters. The molecule has 1 aromatic carbocycles. The molecule has 3 rings (SSSR count). The van der Waals surface area contributed by atoms with E-state index in [-0.39, 0.29) is 12.2 Å². The van der Waals surface area contributed by atoms with Crippen molar-refractivity contribution in [2.45, 2.75) is 6.42 Å². The van der Waals surface area contributed by atoms with E-state index in [4.69, 9.17) is 4.74 Å². The number of fused-ring (bicyclic) bond motifs is 1. The Morgan fingerprint density at radius 2 is 2.00 bits per heavy atom. The molecule has 0 spiro atoms.